The van der Waals surface area contributed by atoms with Crippen molar-refractivity contribution in [2.45, 2.75) is 0 Å². The van der Waals surface area contributed by atoms with Gasteiger partial charge in [-0.25, -0.2) is 0 Å². The van der Waals surface area contributed by atoms with Gasteiger partial charge in [-0.05, 0) is 83.9 Å². The van der Waals surface area contributed by atoms with Crippen molar-refractivity contribution in [2.24, 2.45) is 0 Å². The monoisotopic (exact) mass is 649 g/mol. The van der Waals surface area contributed by atoms with Crippen molar-refractivity contribution in [2.75, 3.05) is 0 Å². The van der Waals surface area contributed by atoms with E-state index in [1.807, 2.05) is 0 Å². The molecule has 0 bridgehead atoms. The number of para-hydroxylation sites is 5. The molecule has 11 aromatic rings. The van der Waals surface area contributed by atoms with Crippen molar-refractivity contribution >= 4 is 65.4 Å². The Kier molecular flexibility index (Phi) is 5.96. The third-order valence-electron chi connectivity index (χ3n) is 10.7. The average Bonchev–Trinajstić information content (AvgIpc) is 3.84. The third kappa shape index (κ3) is 4.12. The Morgan fingerprint density at radius 1 is 0.216 bits per heavy atom. The van der Waals surface area contributed by atoms with Crippen LogP contribution in [0.4, 0.5) is 0 Å². The smallest absolute Gasteiger partial charge is 0.0542 e. The molecule has 0 atom stereocenters. The number of nitrogens with zero attached hydrogens (tertiary/aromatic N) is 3. The molecule has 0 aliphatic heterocycles. The van der Waals surface area contributed by atoms with Crippen LogP contribution in [-0.2, 0) is 0 Å². The molecular weight excluding hydrogens is 619 g/mol. The highest BCUT2D eigenvalue weighted by Gasteiger charge is 2.17. The van der Waals surface area contributed by atoms with Crippen molar-refractivity contribution in [3.63, 3.8) is 0 Å². The maximum Gasteiger partial charge on any atom is 0.0542 e. The first-order valence-electron chi connectivity index (χ1n) is 17.5. The van der Waals surface area contributed by atoms with E-state index in [1.54, 1.807) is 0 Å². The Hall–Kier alpha value is -6.84. The number of fused-ring (bicyclic) bond motifs is 9. The molecule has 0 N–H and O–H groups in total. The van der Waals surface area contributed by atoms with Crippen LogP contribution in [0, 0.1) is 0 Å². The molecule has 3 heterocycles. The topological polar surface area (TPSA) is 14.8 Å². The summed E-state index contributed by atoms with van der Waals surface area (Å²) in [6, 6.07) is 68.4. The minimum Gasteiger partial charge on any atom is -0.309 e. The summed E-state index contributed by atoms with van der Waals surface area (Å²) in [6.45, 7) is 0. The lowest BCUT2D eigenvalue weighted by atomic mass is 10.0. The molecule has 3 heteroatoms. The molecule has 0 aliphatic rings. The number of benzene rings is 8. The Morgan fingerprint density at radius 3 is 0.863 bits per heavy atom. The molecule has 51 heavy (non-hydrogen) atoms. The highest BCUT2D eigenvalue weighted by molar-refractivity contribution is 6.12. The fourth-order valence-electron chi connectivity index (χ4n) is 8.39. The predicted octanol–water partition coefficient (Wildman–Crippen LogP) is 12.6. The standard InChI is InChI=1S/C48H31N3/c1-6-16-43-37(11-1)38-12-2-7-17-44(38)49(43)34-25-21-32(22-26-34)33-23-27-35(28-24-33)50-47-20-10-5-15-41(47)42-31-36(29-30-48(42)50)51-45-18-8-3-13-39(45)40-14-4-9-19-46(40)51/h1-31H. The summed E-state index contributed by atoms with van der Waals surface area (Å²) >= 11 is 0. The highest BCUT2D eigenvalue weighted by Crippen LogP contribution is 2.38. The molecule has 0 aliphatic carbocycles. The van der Waals surface area contributed by atoms with Gasteiger partial charge in [0.25, 0.3) is 0 Å². The molecule has 0 spiro atoms. The Labute approximate surface area is 294 Å². The van der Waals surface area contributed by atoms with E-state index in [2.05, 4.69) is 202 Å². The van der Waals surface area contributed by atoms with Crippen LogP contribution in [0.25, 0.3) is 93.6 Å². The lowest BCUT2D eigenvalue weighted by Gasteiger charge is -2.12. The van der Waals surface area contributed by atoms with Crippen molar-refractivity contribution in [3.05, 3.63) is 188 Å². The molecule has 0 unspecified atom stereocenters. The van der Waals surface area contributed by atoms with Crippen LogP contribution in [0.15, 0.2) is 188 Å². The van der Waals surface area contributed by atoms with Crippen molar-refractivity contribution in [1.29, 1.82) is 0 Å². The minimum absolute atomic E-state index is 1.15. The molecule has 0 saturated carbocycles. The molecule has 0 fully saturated rings. The molecular formula is C48H31N3. The van der Waals surface area contributed by atoms with Gasteiger partial charge in [0.2, 0.25) is 0 Å². The van der Waals surface area contributed by atoms with E-state index < -0.39 is 0 Å². The fourth-order valence-corrected chi connectivity index (χ4v) is 8.39. The summed E-state index contributed by atoms with van der Waals surface area (Å²) in [6.07, 6.45) is 0. The summed E-state index contributed by atoms with van der Waals surface area (Å²) in [5.41, 5.74) is 13.2. The van der Waals surface area contributed by atoms with Crippen LogP contribution in [0.5, 0.6) is 0 Å². The minimum atomic E-state index is 1.15. The van der Waals surface area contributed by atoms with Crippen molar-refractivity contribution in [3.8, 4) is 28.2 Å². The zero-order valence-corrected chi connectivity index (χ0v) is 27.7. The van der Waals surface area contributed by atoms with Gasteiger partial charge in [0, 0.05) is 49.4 Å². The predicted molar refractivity (Wildman–Crippen MR) is 215 cm³/mol. The van der Waals surface area contributed by atoms with Crippen LogP contribution in [-0.4, -0.2) is 13.7 Å². The van der Waals surface area contributed by atoms with Gasteiger partial charge in [0.05, 0.1) is 33.1 Å². The molecule has 8 aromatic carbocycles. The van der Waals surface area contributed by atoms with Gasteiger partial charge >= 0.3 is 0 Å². The lowest BCUT2D eigenvalue weighted by molar-refractivity contribution is 1.16. The summed E-state index contributed by atoms with van der Waals surface area (Å²) < 4.78 is 7.17. The summed E-state index contributed by atoms with van der Waals surface area (Å²) in [5.74, 6) is 0. The number of hydrogen-bond acceptors (Lipinski definition) is 0. The Morgan fingerprint density at radius 2 is 0.490 bits per heavy atom. The molecule has 0 saturated heterocycles. The van der Waals surface area contributed by atoms with Crippen molar-refractivity contribution < 1.29 is 0 Å². The molecule has 11 rings (SSSR count). The highest BCUT2D eigenvalue weighted by atomic mass is 15.0. The Bertz CT molecular complexity index is 3010. The Balaban J connectivity index is 0.995. The van der Waals surface area contributed by atoms with E-state index in [1.165, 1.54) is 87.9 Å². The zero-order valence-electron chi connectivity index (χ0n) is 27.7. The fraction of sp³-hybridized carbons (Fsp3) is 0. The van der Waals surface area contributed by atoms with Crippen LogP contribution < -0.4 is 0 Å². The van der Waals surface area contributed by atoms with E-state index in [-0.39, 0.29) is 0 Å². The maximum atomic E-state index is 2.40. The second kappa shape index (κ2) is 10.8. The number of aromatic nitrogens is 3. The first-order valence-corrected chi connectivity index (χ1v) is 17.5. The van der Waals surface area contributed by atoms with Gasteiger partial charge in [-0.1, -0.05) is 115 Å². The largest absolute Gasteiger partial charge is 0.309 e. The van der Waals surface area contributed by atoms with Gasteiger partial charge in [0.15, 0.2) is 0 Å². The second-order valence-electron chi connectivity index (χ2n) is 13.4. The van der Waals surface area contributed by atoms with E-state index in [9.17, 15) is 0 Å². The van der Waals surface area contributed by atoms with Gasteiger partial charge in [-0.2, -0.15) is 0 Å². The average molecular weight is 650 g/mol. The van der Waals surface area contributed by atoms with E-state index >= 15 is 0 Å². The molecule has 0 radical (unpaired) electrons. The van der Waals surface area contributed by atoms with Crippen LogP contribution in [0.1, 0.15) is 0 Å². The quantitative estimate of drug-likeness (QED) is 0.180. The van der Waals surface area contributed by atoms with Crippen molar-refractivity contribution in [1.82, 2.24) is 13.7 Å². The normalized spacial score (nSPS) is 11.9. The van der Waals surface area contributed by atoms with Gasteiger partial charge < -0.3 is 13.7 Å². The van der Waals surface area contributed by atoms with Gasteiger partial charge in [-0.3, -0.25) is 0 Å². The van der Waals surface area contributed by atoms with Crippen LogP contribution in [0.2, 0.25) is 0 Å². The van der Waals surface area contributed by atoms with Gasteiger partial charge in [0.1, 0.15) is 0 Å². The van der Waals surface area contributed by atoms with Crippen LogP contribution in [0.3, 0.4) is 0 Å². The summed E-state index contributed by atoms with van der Waals surface area (Å²) in [4.78, 5) is 0. The third-order valence-corrected chi connectivity index (χ3v) is 10.7. The first-order chi connectivity index (χ1) is 25.3. The first kappa shape index (κ1) is 28.0. The molecule has 3 aromatic heterocycles. The lowest BCUT2D eigenvalue weighted by Crippen LogP contribution is -1.96. The molecule has 238 valence electrons. The SMILES string of the molecule is c1ccc2c(c1)c1ccccc1n2-c1ccc(-c2ccc(-n3c4ccccc4c4cc(-n5c6ccccc6c6ccccc65)ccc43)cc2)cc1. The van der Waals surface area contributed by atoms with E-state index in [4.69, 9.17) is 0 Å². The molecule has 3 nitrogen and oxygen atoms in total. The van der Waals surface area contributed by atoms with Crippen LogP contribution >= 0.6 is 0 Å². The van der Waals surface area contributed by atoms with Gasteiger partial charge in [-0.15, -0.1) is 0 Å². The zero-order chi connectivity index (χ0) is 33.5. The second-order valence-corrected chi connectivity index (χ2v) is 13.4. The van der Waals surface area contributed by atoms with E-state index in [0.717, 1.165) is 5.69 Å². The maximum absolute atomic E-state index is 2.40. The molecule has 0 amide bonds. The number of rotatable bonds is 4. The summed E-state index contributed by atoms with van der Waals surface area (Å²) in [5, 5.41) is 7.60. The van der Waals surface area contributed by atoms with E-state index in [0.29, 0.717) is 0 Å². The number of hydrogen-bond donors (Lipinski definition) is 0. The summed E-state index contributed by atoms with van der Waals surface area (Å²) in [7, 11) is 0.